The van der Waals surface area contributed by atoms with Crippen LogP contribution in [-0.4, -0.2) is 48.3 Å². The minimum absolute atomic E-state index is 0.0728. The normalized spacial score (nSPS) is 21.9. The molecule has 4 nitrogen and oxygen atoms in total. The van der Waals surface area contributed by atoms with E-state index in [9.17, 15) is 4.79 Å². The Hall–Kier alpha value is -0.870. The molecule has 0 aromatic rings. The van der Waals surface area contributed by atoms with Crippen LogP contribution in [0.2, 0.25) is 0 Å². The molecule has 1 rings (SSSR count). The molecule has 0 amide bonds. The lowest BCUT2D eigenvalue weighted by atomic mass is 9.95. The van der Waals surface area contributed by atoms with Gasteiger partial charge in [-0.3, -0.25) is 9.69 Å². The summed E-state index contributed by atoms with van der Waals surface area (Å²) in [4.78, 5) is 13.2. The lowest BCUT2D eigenvalue weighted by Crippen LogP contribution is -2.47. The van der Waals surface area contributed by atoms with E-state index in [-0.39, 0.29) is 12.0 Å². The Kier molecular flexibility index (Phi) is 4.78. The van der Waals surface area contributed by atoms with E-state index in [1.54, 1.807) is 6.08 Å². The van der Waals surface area contributed by atoms with Crippen molar-refractivity contribution in [3.63, 3.8) is 0 Å². The van der Waals surface area contributed by atoms with Gasteiger partial charge in [0, 0.05) is 19.1 Å². The number of rotatable bonds is 5. The first kappa shape index (κ1) is 12.2. The van der Waals surface area contributed by atoms with Crippen LogP contribution in [0, 0.1) is 5.92 Å². The van der Waals surface area contributed by atoms with Crippen molar-refractivity contribution in [1.82, 2.24) is 4.90 Å². The first-order valence-electron chi connectivity index (χ1n) is 5.37. The van der Waals surface area contributed by atoms with Crippen molar-refractivity contribution in [3.8, 4) is 0 Å². The Balaban J connectivity index is 2.66. The summed E-state index contributed by atoms with van der Waals surface area (Å²) in [6, 6.07) is -0.0728. The van der Waals surface area contributed by atoms with Crippen molar-refractivity contribution < 1.29 is 14.6 Å². The molecular weight excluding hydrogens is 194 g/mol. The van der Waals surface area contributed by atoms with Crippen LogP contribution in [0.5, 0.6) is 0 Å². The topological polar surface area (TPSA) is 49.8 Å². The number of carboxylic acids is 1. The first-order valence-corrected chi connectivity index (χ1v) is 5.37. The highest BCUT2D eigenvalue weighted by atomic mass is 16.5. The van der Waals surface area contributed by atoms with E-state index in [2.05, 4.69) is 11.5 Å². The van der Waals surface area contributed by atoms with Crippen molar-refractivity contribution in [2.24, 2.45) is 5.92 Å². The predicted octanol–water partition coefficient (Wildman–Crippen LogP) is 0.984. The largest absolute Gasteiger partial charge is 0.481 e. The summed E-state index contributed by atoms with van der Waals surface area (Å²) in [6.07, 6.45) is 2.37. The molecule has 2 atom stereocenters. The summed E-state index contributed by atoms with van der Waals surface area (Å²) < 4.78 is 5.24. The highest BCUT2D eigenvalue weighted by molar-refractivity contribution is 5.71. The van der Waals surface area contributed by atoms with Crippen LogP contribution in [-0.2, 0) is 9.53 Å². The standard InChI is InChI=1S/C11H19NO3/c1-3-9(11(13)14)10(4-2)12-5-7-15-8-6-12/h4,9-10H,2-3,5-8H2,1H3,(H,13,14). The fraction of sp³-hybridized carbons (Fsp3) is 0.727. The number of nitrogens with zero attached hydrogens (tertiary/aromatic N) is 1. The van der Waals surface area contributed by atoms with Gasteiger partial charge in [0.05, 0.1) is 19.1 Å². The van der Waals surface area contributed by atoms with Gasteiger partial charge in [-0.05, 0) is 6.42 Å². The Bertz CT molecular complexity index is 224. The van der Waals surface area contributed by atoms with E-state index in [1.165, 1.54) is 0 Å². The summed E-state index contributed by atoms with van der Waals surface area (Å²) in [6.45, 7) is 8.59. The third-order valence-corrected chi connectivity index (χ3v) is 2.88. The van der Waals surface area contributed by atoms with Gasteiger partial charge in [0.1, 0.15) is 0 Å². The van der Waals surface area contributed by atoms with Gasteiger partial charge in [0.2, 0.25) is 0 Å². The van der Waals surface area contributed by atoms with Crippen molar-refractivity contribution in [2.75, 3.05) is 26.3 Å². The molecule has 0 spiro atoms. The lowest BCUT2D eigenvalue weighted by Gasteiger charge is -2.35. The SMILES string of the molecule is C=CC(C(CC)C(=O)O)N1CCOCC1. The monoisotopic (exact) mass is 213 g/mol. The molecule has 1 heterocycles. The number of aliphatic carboxylic acids is 1. The Morgan fingerprint density at radius 2 is 2.20 bits per heavy atom. The maximum atomic E-state index is 11.1. The van der Waals surface area contributed by atoms with Crippen LogP contribution in [0.3, 0.4) is 0 Å². The zero-order valence-electron chi connectivity index (χ0n) is 9.19. The highest BCUT2D eigenvalue weighted by Crippen LogP contribution is 2.18. The van der Waals surface area contributed by atoms with Gasteiger partial charge in [0.25, 0.3) is 0 Å². The average molecular weight is 213 g/mol. The summed E-state index contributed by atoms with van der Waals surface area (Å²) in [7, 11) is 0. The number of morpholine rings is 1. The molecule has 0 bridgehead atoms. The van der Waals surface area contributed by atoms with Crippen LogP contribution in [0.25, 0.3) is 0 Å². The van der Waals surface area contributed by atoms with Crippen molar-refractivity contribution in [1.29, 1.82) is 0 Å². The van der Waals surface area contributed by atoms with Crippen LogP contribution in [0.4, 0.5) is 0 Å². The second kappa shape index (κ2) is 5.88. The third-order valence-electron chi connectivity index (χ3n) is 2.88. The summed E-state index contributed by atoms with van der Waals surface area (Å²) in [5.74, 6) is -1.10. The Morgan fingerprint density at radius 3 is 2.60 bits per heavy atom. The van der Waals surface area contributed by atoms with Gasteiger partial charge < -0.3 is 9.84 Å². The molecule has 0 radical (unpaired) electrons. The fourth-order valence-corrected chi connectivity index (χ4v) is 2.01. The smallest absolute Gasteiger partial charge is 0.308 e. The van der Waals surface area contributed by atoms with Crippen molar-refractivity contribution >= 4 is 5.97 Å². The van der Waals surface area contributed by atoms with E-state index in [1.807, 2.05) is 6.92 Å². The quantitative estimate of drug-likeness (QED) is 0.692. The van der Waals surface area contributed by atoms with Crippen LogP contribution in [0.1, 0.15) is 13.3 Å². The molecule has 1 saturated heterocycles. The lowest BCUT2D eigenvalue weighted by molar-refractivity contribution is -0.144. The number of carboxylic acid groups (broad SMARTS) is 1. The molecule has 0 aromatic heterocycles. The molecule has 2 unspecified atom stereocenters. The van der Waals surface area contributed by atoms with Crippen molar-refractivity contribution in [2.45, 2.75) is 19.4 Å². The molecule has 86 valence electrons. The first-order chi connectivity index (χ1) is 7.20. The van der Waals surface area contributed by atoms with E-state index in [0.29, 0.717) is 19.6 Å². The number of hydrogen-bond acceptors (Lipinski definition) is 3. The fourth-order valence-electron chi connectivity index (χ4n) is 2.01. The molecule has 15 heavy (non-hydrogen) atoms. The molecule has 1 aliphatic heterocycles. The highest BCUT2D eigenvalue weighted by Gasteiger charge is 2.29. The van der Waals surface area contributed by atoms with E-state index >= 15 is 0 Å². The second-order valence-corrected chi connectivity index (χ2v) is 3.73. The number of hydrogen-bond donors (Lipinski definition) is 1. The van der Waals surface area contributed by atoms with Gasteiger partial charge in [-0.2, -0.15) is 0 Å². The Labute approximate surface area is 90.5 Å². The predicted molar refractivity (Wildman–Crippen MR) is 57.8 cm³/mol. The molecular formula is C11H19NO3. The molecule has 0 aromatic carbocycles. The Morgan fingerprint density at radius 1 is 1.60 bits per heavy atom. The van der Waals surface area contributed by atoms with Crippen molar-refractivity contribution in [3.05, 3.63) is 12.7 Å². The molecule has 1 aliphatic rings. The summed E-state index contributed by atoms with van der Waals surface area (Å²) in [5, 5.41) is 9.10. The molecule has 0 aliphatic carbocycles. The van der Waals surface area contributed by atoms with E-state index < -0.39 is 5.97 Å². The number of ether oxygens (including phenoxy) is 1. The minimum atomic E-state index is -0.742. The zero-order valence-corrected chi connectivity index (χ0v) is 9.19. The van der Waals surface area contributed by atoms with E-state index in [4.69, 9.17) is 9.84 Å². The van der Waals surface area contributed by atoms with Crippen LogP contribution < -0.4 is 0 Å². The molecule has 4 heteroatoms. The maximum Gasteiger partial charge on any atom is 0.308 e. The second-order valence-electron chi connectivity index (χ2n) is 3.73. The third kappa shape index (κ3) is 3.04. The maximum absolute atomic E-state index is 11.1. The average Bonchev–Trinajstić information content (AvgIpc) is 2.26. The van der Waals surface area contributed by atoms with Gasteiger partial charge in [-0.1, -0.05) is 13.0 Å². The van der Waals surface area contributed by atoms with Crippen LogP contribution >= 0.6 is 0 Å². The van der Waals surface area contributed by atoms with Crippen LogP contribution in [0.15, 0.2) is 12.7 Å². The zero-order chi connectivity index (χ0) is 11.3. The van der Waals surface area contributed by atoms with E-state index in [0.717, 1.165) is 13.1 Å². The molecule has 0 saturated carbocycles. The van der Waals surface area contributed by atoms with Gasteiger partial charge in [-0.15, -0.1) is 6.58 Å². The van der Waals surface area contributed by atoms with Gasteiger partial charge in [0.15, 0.2) is 0 Å². The summed E-state index contributed by atoms with van der Waals surface area (Å²) >= 11 is 0. The number of carbonyl (C=O) groups is 1. The molecule has 1 N–H and O–H groups in total. The minimum Gasteiger partial charge on any atom is -0.481 e. The summed E-state index contributed by atoms with van der Waals surface area (Å²) in [5.41, 5.74) is 0. The van der Waals surface area contributed by atoms with Gasteiger partial charge >= 0.3 is 5.97 Å². The van der Waals surface area contributed by atoms with Gasteiger partial charge in [-0.25, -0.2) is 0 Å². The molecule has 1 fully saturated rings.